The van der Waals surface area contributed by atoms with E-state index in [-0.39, 0.29) is 29.7 Å². The predicted molar refractivity (Wildman–Crippen MR) is 122 cm³/mol. The first-order valence-corrected chi connectivity index (χ1v) is 10.8. The summed E-state index contributed by atoms with van der Waals surface area (Å²) in [4.78, 5) is 25.0. The van der Waals surface area contributed by atoms with E-state index in [2.05, 4.69) is 15.5 Å². The molecule has 4 rings (SSSR count). The van der Waals surface area contributed by atoms with Crippen molar-refractivity contribution in [2.75, 3.05) is 23.5 Å². The number of anilines is 1. The lowest BCUT2D eigenvalue weighted by molar-refractivity contribution is -0.113. The van der Waals surface area contributed by atoms with Crippen LogP contribution >= 0.6 is 11.8 Å². The lowest BCUT2D eigenvalue weighted by atomic mass is 10.1. The lowest BCUT2D eigenvalue weighted by Gasteiger charge is -2.06. The van der Waals surface area contributed by atoms with Crippen LogP contribution < -0.4 is 11.2 Å². The average Bonchev–Trinajstić information content (AvgIpc) is 3.34. The summed E-state index contributed by atoms with van der Waals surface area (Å²) in [7, 11) is 0. The van der Waals surface area contributed by atoms with Crippen LogP contribution in [0.4, 0.5) is 5.69 Å². The van der Waals surface area contributed by atoms with Crippen molar-refractivity contribution in [3.63, 3.8) is 0 Å². The maximum atomic E-state index is 12.7. The number of benzene rings is 2. The highest BCUT2D eigenvalue weighted by molar-refractivity contribution is 7.99. The van der Waals surface area contributed by atoms with Gasteiger partial charge in [0.2, 0.25) is 16.8 Å². The highest BCUT2D eigenvalue weighted by Gasteiger charge is 2.23. The normalized spacial score (nSPS) is 10.9. The Bertz CT molecular complexity index is 1280. The average molecular weight is 452 g/mol. The minimum absolute atomic E-state index is 0.00496. The van der Waals surface area contributed by atoms with Gasteiger partial charge in [-0.05, 0) is 26.0 Å². The van der Waals surface area contributed by atoms with Gasteiger partial charge in [-0.25, -0.2) is 9.47 Å². The molecular weight excluding hydrogens is 430 g/mol. The van der Waals surface area contributed by atoms with Crippen LogP contribution in [0.1, 0.15) is 23.0 Å². The van der Waals surface area contributed by atoms with Crippen molar-refractivity contribution < 1.29 is 18.7 Å². The topological polar surface area (TPSA) is 125 Å². The SMILES string of the molecule is CCOC(=O)c1oc2ccccc2c1NC(=O)CSc1nnc(-c2ccc(C)cc2)n1N. The largest absolute Gasteiger partial charge is 0.460 e. The molecule has 0 bridgehead atoms. The van der Waals surface area contributed by atoms with Crippen molar-refractivity contribution in [2.24, 2.45) is 0 Å². The van der Waals surface area contributed by atoms with Crippen molar-refractivity contribution >= 4 is 40.3 Å². The maximum Gasteiger partial charge on any atom is 0.376 e. The number of hydrogen-bond acceptors (Lipinski definition) is 8. The summed E-state index contributed by atoms with van der Waals surface area (Å²) in [6, 6.07) is 14.8. The molecule has 0 saturated heterocycles. The molecule has 2 heterocycles. The number of thioether (sulfide) groups is 1. The van der Waals surface area contributed by atoms with Crippen LogP contribution in [0.5, 0.6) is 0 Å². The first-order valence-electron chi connectivity index (χ1n) is 9.86. The number of nitrogens with zero attached hydrogens (tertiary/aromatic N) is 3. The molecule has 0 aliphatic heterocycles. The number of amides is 1. The fraction of sp³-hybridized carbons (Fsp3) is 0.182. The van der Waals surface area contributed by atoms with E-state index in [0.717, 1.165) is 22.9 Å². The second-order valence-electron chi connectivity index (χ2n) is 6.90. The summed E-state index contributed by atoms with van der Waals surface area (Å²) in [5.41, 5.74) is 2.70. The third-order valence-electron chi connectivity index (χ3n) is 4.63. The molecule has 0 fully saturated rings. The van der Waals surface area contributed by atoms with Crippen molar-refractivity contribution in [1.29, 1.82) is 0 Å². The van der Waals surface area contributed by atoms with Gasteiger partial charge in [-0.3, -0.25) is 4.79 Å². The van der Waals surface area contributed by atoms with Crippen LogP contribution in [0.15, 0.2) is 58.1 Å². The molecular formula is C22H21N5O4S. The van der Waals surface area contributed by atoms with E-state index >= 15 is 0 Å². The van der Waals surface area contributed by atoms with Crippen LogP contribution in [0.3, 0.4) is 0 Å². The number of nitrogen functional groups attached to an aromatic ring is 1. The van der Waals surface area contributed by atoms with E-state index in [4.69, 9.17) is 15.0 Å². The second-order valence-corrected chi connectivity index (χ2v) is 7.84. The summed E-state index contributed by atoms with van der Waals surface area (Å²) in [5.74, 6) is 5.59. The van der Waals surface area contributed by atoms with Gasteiger partial charge in [0.25, 0.3) is 0 Å². The Balaban J connectivity index is 1.49. The van der Waals surface area contributed by atoms with E-state index in [9.17, 15) is 9.59 Å². The molecule has 2 aromatic carbocycles. The van der Waals surface area contributed by atoms with Gasteiger partial charge in [0.15, 0.2) is 5.82 Å². The molecule has 0 atom stereocenters. The molecule has 9 nitrogen and oxygen atoms in total. The third kappa shape index (κ3) is 4.30. The quantitative estimate of drug-likeness (QED) is 0.248. The molecule has 1 amide bonds. The number of nitrogens with one attached hydrogen (secondary N) is 1. The Morgan fingerprint density at radius 2 is 1.91 bits per heavy atom. The van der Waals surface area contributed by atoms with Crippen LogP contribution in [0.2, 0.25) is 0 Å². The van der Waals surface area contributed by atoms with E-state index in [1.807, 2.05) is 31.2 Å². The molecule has 0 saturated carbocycles. The van der Waals surface area contributed by atoms with Gasteiger partial charge in [-0.15, -0.1) is 10.2 Å². The highest BCUT2D eigenvalue weighted by atomic mass is 32.2. The van der Waals surface area contributed by atoms with Crippen LogP contribution in [-0.2, 0) is 9.53 Å². The molecule has 0 spiro atoms. The number of furan rings is 1. The van der Waals surface area contributed by atoms with Crippen molar-refractivity contribution in [3.05, 3.63) is 59.9 Å². The molecule has 0 aliphatic carbocycles. The number of ether oxygens (including phenoxy) is 1. The molecule has 0 unspecified atom stereocenters. The third-order valence-corrected chi connectivity index (χ3v) is 5.57. The molecule has 164 valence electrons. The molecule has 32 heavy (non-hydrogen) atoms. The van der Waals surface area contributed by atoms with Gasteiger partial charge in [-0.1, -0.05) is 53.7 Å². The zero-order valence-corrected chi connectivity index (χ0v) is 18.3. The van der Waals surface area contributed by atoms with Gasteiger partial charge < -0.3 is 20.3 Å². The minimum Gasteiger partial charge on any atom is -0.460 e. The monoisotopic (exact) mass is 451 g/mol. The number of nitrogens with two attached hydrogens (primary N) is 1. The van der Waals surface area contributed by atoms with Gasteiger partial charge in [0.05, 0.1) is 12.4 Å². The number of carbonyl (C=O) groups is 2. The zero-order chi connectivity index (χ0) is 22.7. The van der Waals surface area contributed by atoms with Crippen LogP contribution in [0, 0.1) is 6.92 Å². The number of esters is 1. The number of hydrogen-bond donors (Lipinski definition) is 2. The maximum absolute atomic E-state index is 12.7. The van der Waals surface area contributed by atoms with Gasteiger partial charge >= 0.3 is 5.97 Å². The number of aromatic nitrogens is 3. The Hall–Kier alpha value is -3.79. The zero-order valence-electron chi connectivity index (χ0n) is 17.5. The van der Waals surface area contributed by atoms with Crippen molar-refractivity contribution in [3.8, 4) is 11.4 Å². The smallest absolute Gasteiger partial charge is 0.376 e. The van der Waals surface area contributed by atoms with E-state index in [1.54, 1.807) is 31.2 Å². The van der Waals surface area contributed by atoms with E-state index < -0.39 is 5.97 Å². The fourth-order valence-corrected chi connectivity index (χ4v) is 3.75. The Labute approximate surface area is 187 Å². The molecule has 2 aromatic heterocycles. The predicted octanol–water partition coefficient (Wildman–Crippen LogP) is 3.62. The summed E-state index contributed by atoms with van der Waals surface area (Å²) in [5, 5.41) is 12.0. The lowest BCUT2D eigenvalue weighted by Crippen LogP contribution is -2.18. The summed E-state index contributed by atoms with van der Waals surface area (Å²) in [6.07, 6.45) is 0. The standard InChI is InChI=1S/C22H21N5O4S/c1-3-30-21(29)19-18(15-6-4-5-7-16(15)31-19)24-17(28)12-32-22-26-25-20(27(22)23)14-10-8-13(2)9-11-14/h4-11H,3,12,23H2,1-2H3,(H,24,28). The van der Waals surface area contributed by atoms with Crippen LogP contribution in [-0.4, -0.2) is 39.1 Å². The first kappa shape index (κ1) is 21.4. The van der Waals surface area contributed by atoms with E-state index in [1.165, 1.54) is 4.68 Å². The van der Waals surface area contributed by atoms with Crippen LogP contribution in [0.25, 0.3) is 22.4 Å². The Morgan fingerprint density at radius 3 is 2.66 bits per heavy atom. The molecule has 0 radical (unpaired) electrons. The Kier molecular flexibility index (Phi) is 6.13. The van der Waals surface area contributed by atoms with Crippen molar-refractivity contribution in [2.45, 2.75) is 19.0 Å². The molecule has 0 aliphatic rings. The van der Waals surface area contributed by atoms with Gasteiger partial charge in [-0.2, -0.15) is 0 Å². The van der Waals surface area contributed by atoms with Gasteiger partial charge in [0, 0.05) is 10.9 Å². The van der Waals surface area contributed by atoms with Crippen molar-refractivity contribution in [1.82, 2.24) is 14.9 Å². The number of aryl methyl sites for hydroxylation is 1. The number of para-hydroxylation sites is 1. The molecule has 4 aromatic rings. The summed E-state index contributed by atoms with van der Waals surface area (Å²) in [6.45, 7) is 3.88. The van der Waals surface area contributed by atoms with E-state index in [0.29, 0.717) is 22.0 Å². The fourth-order valence-electron chi connectivity index (χ4n) is 3.09. The minimum atomic E-state index is -0.643. The Morgan fingerprint density at radius 1 is 1.16 bits per heavy atom. The number of rotatable bonds is 7. The second kappa shape index (κ2) is 9.15. The molecule has 3 N–H and O–H groups in total. The number of fused-ring (bicyclic) bond motifs is 1. The molecule has 10 heteroatoms. The highest BCUT2D eigenvalue weighted by Crippen LogP contribution is 2.32. The van der Waals surface area contributed by atoms with Gasteiger partial charge in [0.1, 0.15) is 11.3 Å². The summed E-state index contributed by atoms with van der Waals surface area (Å²) >= 11 is 1.13. The summed E-state index contributed by atoms with van der Waals surface area (Å²) < 4.78 is 12.0. The first-order chi connectivity index (χ1) is 15.5. The number of carbonyl (C=O) groups excluding carboxylic acids is 2.